The summed E-state index contributed by atoms with van der Waals surface area (Å²) in [7, 11) is 0.291. The molecule has 1 aliphatic heterocycles. The van der Waals surface area contributed by atoms with Crippen molar-refractivity contribution in [2.75, 3.05) is 39.5 Å². The summed E-state index contributed by atoms with van der Waals surface area (Å²) < 4.78 is 30.2. The topological polar surface area (TPSA) is 83.0 Å². The number of nitrogens with zero attached hydrogens (tertiary/aromatic N) is 2. The summed E-state index contributed by atoms with van der Waals surface area (Å²) >= 11 is 0. The molecule has 1 aromatic rings. The highest BCUT2D eigenvalue weighted by Gasteiger charge is 2.27. The van der Waals surface area contributed by atoms with Crippen LogP contribution >= 0.6 is 24.0 Å². The van der Waals surface area contributed by atoms with Gasteiger partial charge in [0.1, 0.15) is 5.75 Å². The van der Waals surface area contributed by atoms with Crippen LogP contribution in [0.3, 0.4) is 0 Å². The van der Waals surface area contributed by atoms with Gasteiger partial charge in [0, 0.05) is 33.2 Å². The van der Waals surface area contributed by atoms with Gasteiger partial charge in [0.2, 0.25) is 10.0 Å². The van der Waals surface area contributed by atoms with Gasteiger partial charge in [0.05, 0.1) is 12.9 Å². The van der Waals surface area contributed by atoms with E-state index in [1.807, 2.05) is 24.3 Å². The minimum Gasteiger partial charge on any atom is -0.497 e. The molecule has 0 aromatic heterocycles. The van der Waals surface area contributed by atoms with E-state index < -0.39 is 10.0 Å². The van der Waals surface area contributed by atoms with E-state index in [4.69, 9.17) is 4.74 Å². The Morgan fingerprint density at radius 1 is 1.38 bits per heavy atom. The molecular weight excluding hydrogens is 443 g/mol. The number of aliphatic imine (C=N–C) groups is 1. The number of guanidine groups is 1. The molecule has 0 aliphatic carbocycles. The fourth-order valence-corrected chi connectivity index (χ4v) is 3.96. The molecule has 1 aromatic carbocycles. The second-order valence-electron chi connectivity index (χ2n) is 5.27. The van der Waals surface area contributed by atoms with Crippen LogP contribution in [0.25, 0.3) is 0 Å². The van der Waals surface area contributed by atoms with E-state index in [9.17, 15) is 8.42 Å². The Kier molecular flexibility index (Phi) is 8.78. The van der Waals surface area contributed by atoms with Gasteiger partial charge in [0.25, 0.3) is 0 Å². The molecule has 0 saturated carbocycles. The number of ether oxygens (including phenoxy) is 1. The first kappa shape index (κ1) is 21.0. The van der Waals surface area contributed by atoms with Crippen LogP contribution in [0.5, 0.6) is 5.75 Å². The lowest BCUT2D eigenvalue weighted by molar-refractivity contribution is 0.414. The van der Waals surface area contributed by atoms with Crippen molar-refractivity contribution in [3.8, 4) is 5.75 Å². The Balaban J connectivity index is 0.00000288. The van der Waals surface area contributed by atoms with E-state index in [1.54, 1.807) is 14.2 Å². The molecule has 0 spiro atoms. The predicted molar refractivity (Wildman–Crippen MR) is 107 cm³/mol. The number of methoxy groups -OCH3 is 1. The first-order valence-corrected chi connectivity index (χ1v) is 9.21. The first-order chi connectivity index (χ1) is 11.0. The molecule has 9 heteroatoms. The Morgan fingerprint density at radius 2 is 2.17 bits per heavy atom. The third kappa shape index (κ3) is 6.10. The zero-order valence-corrected chi connectivity index (χ0v) is 17.1. The second-order valence-corrected chi connectivity index (χ2v) is 7.36. The number of benzene rings is 1. The largest absolute Gasteiger partial charge is 0.497 e. The van der Waals surface area contributed by atoms with Crippen molar-refractivity contribution in [3.63, 3.8) is 0 Å². The lowest BCUT2D eigenvalue weighted by atomic mass is 10.2. The van der Waals surface area contributed by atoms with Gasteiger partial charge in [-0.25, -0.2) is 12.7 Å². The molecule has 0 bridgehead atoms. The molecule has 1 saturated heterocycles. The lowest BCUT2D eigenvalue weighted by Crippen LogP contribution is -2.41. The maximum Gasteiger partial charge on any atom is 0.214 e. The van der Waals surface area contributed by atoms with Crippen molar-refractivity contribution in [3.05, 3.63) is 29.8 Å². The monoisotopic (exact) mass is 468 g/mol. The zero-order chi connectivity index (χ0) is 16.7. The Hall–Kier alpha value is -1.07. The number of hydrogen-bond donors (Lipinski definition) is 2. The van der Waals surface area contributed by atoms with Crippen LogP contribution < -0.4 is 15.4 Å². The highest BCUT2D eigenvalue weighted by Crippen LogP contribution is 2.12. The molecule has 0 radical (unpaired) electrons. The van der Waals surface area contributed by atoms with E-state index in [0.29, 0.717) is 38.6 Å². The molecule has 24 heavy (non-hydrogen) atoms. The van der Waals surface area contributed by atoms with Crippen LogP contribution in [0.1, 0.15) is 12.0 Å². The van der Waals surface area contributed by atoms with Crippen molar-refractivity contribution in [2.24, 2.45) is 4.99 Å². The van der Waals surface area contributed by atoms with Gasteiger partial charge in [-0.1, -0.05) is 12.1 Å². The predicted octanol–water partition coefficient (Wildman–Crippen LogP) is 1.01. The van der Waals surface area contributed by atoms with E-state index in [-0.39, 0.29) is 29.7 Å². The summed E-state index contributed by atoms with van der Waals surface area (Å²) in [4.78, 5) is 4.14. The zero-order valence-electron chi connectivity index (χ0n) is 14.0. The van der Waals surface area contributed by atoms with E-state index in [1.165, 1.54) is 4.31 Å². The Labute approximate surface area is 160 Å². The minimum absolute atomic E-state index is 0. The van der Waals surface area contributed by atoms with Crippen molar-refractivity contribution >= 4 is 40.0 Å². The standard InChI is InChI=1S/C15H24N4O3S.HI/c1-16-15(17-7-9-19-8-4-10-23(19,20)21)18-12-13-5-3-6-14(11-13)22-2;/h3,5-6,11H,4,7-10,12H2,1-2H3,(H2,16,17,18);1H. The number of nitrogens with one attached hydrogen (secondary N) is 2. The SMILES string of the molecule is CN=C(NCCN1CCCS1(=O)=O)NCc1cccc(OC)c1.I. The first-order valence-electron chi connectivity index (χ1n) is 7.60. The Bertz CT molecular complexity index is 652. The van der Waals surface area contributed by atoms with Crippen molar-refractivity contribution in [1.29, 1.82) is 0 Å². The smallest absolute Gasteiger partial charge is 0.214 e. The molecule has 1 aliphatic rings. The van der Waals surface area contributed by atoms with Crippen molar-refractivity contribution < 1.29 is 13.2 Å². The summed E-state index contributed by atoms with van der Waals surface area (Å²) in [5.74, 6) is 1.71. The van der Waals surface area contributed by atoms with E-state index in [2.05, 4.69) is 15.6 Å². The van der Waals surface area contributed by atoms with Gasteiger partial charge in [-0.05, 0) is 24.1 Å². The van der Waals surface area contributed by atoms with Gasteiger partial charge in [-0.2, -0.15) is 0 Å². The van der Waals surface area contributed by atoms with Gasteiger partial charge >= 0.3 is 0 Å². The summed E-state index contributed by atoms with van der Waals surface area (Å²) in [5.41, 5.74) is 1.08. The summed E-state index contributed by atoms with van der Waals surface area (Å²) in [6, 6.07) is 7.79. The molecular formula is C15H25IN4O3S. The molecule has 7 nitrogen and oxygen atoms in total. The van der Waals surface area contributed by atoms with Gasteiger partial charge in [-0.3, -0.25) is 4.99 Å². The van der Waals surface area contributed by atoms with Gasteiger partial charge in [0.15, 0.2) is 5.96 Å². The number of halogens is 1. The normalized spacial score (nSPS) is 17.2. The number of sulfonamides is 1. The molecule has 1 fully saturated rings. The third-order valence-electron chi connectivity index (χ3n) is 3.67. The second kappa shape index (κ2) is 10.0. The number of hydrogen-bond acceptors (Lipinski definition) is 4. The molecule has 2 N–H and O–H groups in total. The average molecular weight is 468 g/mol. The molecule has 136 valence electrons. The fraction of sp³-hybridized carbons (Fsp3) is 0.533. The molecule has 0 unspecified atom stereocenters. The van der Waals surface area contributed by atoms with Crippen LogP contribution in [-0.2, 0) is 16.6 Å². The quantitative estimate of drug-likeness (QED) is 0.370. The number of rotatable bonds is 6. The van der Waals surface area contributed by atoms with Gasteiger partial charge in [-0.15, -0.1) is 24.0 Å². The van der Waals surface area contributed by atoms with Crippen LogP contribution in [-0.4, -0.2) is 58.2 Å². The van der Waals surface area contributed by atoms with Crippen molar-refractivity contribution in [2.45, 2.75) is 13.0 Å². The van der Waals surface area contributed by atoms with Crippen molar-refractivity contribution in [1.82, 2.24) is 14.9 Å². The molecule has 0 amide bonds. The van der Waals surface area contributed by atoms with Gasteiger partial charge < -0.3 is 15.4 Å². The van der Waals surface area contributed by atoms with Crippen LogP contribution in [0, 0.1) is 0 Å². The van der Waals surface area contributed by atoms with E-state index in [0.717, 1.165) is 11.3 Å². The highest BCUT2D eigenvalue weighted by atomic mass is 127. The maximum atomic E-state index is 11.7. The fourth-order valence-electron chi connectivity index (χ4n) is 2.43. The summed E-state index contributed by atoms with van der Waals surface area (Å²) in [6.45, 7) is 2.21. The highest BCUT2D eigenvalue weighted by molar-refractivity contribution is 14.0. The summed E-state index contributed by atoms with van der Waals surface area (Å²) in [5, 5.41) is 6.33. The Morgan fingerprint density at radius 3 is 2.79 bits per heavy atom. The summed E-state index contributed by atoms with van der Waals surface area (Å²) in [6.07, 6.45) is 0.713. The average Bonchev–Trinajstić information content (AvgIpc) is 2.89. The molecule has 1 heterocycles. The van der Waals surface area contributed by atoms with Crippen LogP contribution in [0.15, 0.2) is 29.3 Å². The van der Waals surface area contributed by atoms with Crippen LogP contribution in [0.2, 0.25) is 0 Å². The molecule has 2 rings (SSSR count). The third-order valence-corrected chi connectivity index (χ3v) is 5.63. The lowest BCUT2D eigenvalue weighted by Gasteiger charge is -2.16. The molecule has 0 atom stereocenters. The van der Waals surface area contributed by atoms with E-state index >= 15 is 0 Å². The maximum absolute atomic E-state index is 11.7. The minimum atomic E-state index is -3.04. The van der Waals surface area contributed by atoms with Crippen LogP contribution in [0.4, 0.5) is 0 Å².